The van der Waals surface area contributed by atoms with Crippen LogP contribution in [0, 0.1) is 21.4 Å². The highest BCUT2D eigenvalue weighted by atomic mass is 35.5. The van der Waals surface area contributed by atoms with Crippen LogP contribution in [0.5, 0.6) is 0 Å². The molecular weight excluding hydrogens is 318 g/mol. The maximum absolute atomic E-state index is 12.6. The second-order valence-corrected chi connectivity index (χ2v) is 6.89. The lowest BCUT2D eigenvalue weighted by atomic mass is 10.1. The Balaban J connectivity index is 2.51. The Morgan fingerprint density at radius 2 is 2.14 bits per heavy atom. The average molecular weight is 330 g/mol. The van der Waals surface area contributed by atoms with Gasteiger partial charge in [0.15, 0.2) is 0 Å². The summed E-state index contributed by atoms with van der Waals surface area (Å²) in [6, 6.07) is 4.44. The van der Waals surface area contributed by atoms with Crippen molar-refractivity contribution < 1.29 is 13.3 Å². The zero-order valence-corrected chi connectivity index (χ0v) is 12.5. The van der Waals surface area contributed by atoms with Gasteiger partial charge < -0.3 is 0 Å². The number of nitro groups is 1. The van der Waals surface area contributed by atoms with E-state index in [4.69, 9.17) is 16.9 Å². The van der Waals surface area contributed by atoms with Crippen LogP contribution in [-0.4, -0.2) is 30.2 Å². The van der Waals surface area contributed by atoms with Gasteiger partial charge in [-0.15, -0.1) is 0 Å². The molecule has 0 N–H and O–H groups in total. The maximum Gasteiger partial charge on any atom is 0.270 e. The first kappa shape index (κ1) is 15.7. The molecule has 1 atom stereocenters. The van der Waals surface area contributed by atoms with Crippen molar-refractivity contribution >= 4 is 27.3 Å². The molecule has 0 amide bonds. The molecule has 0 aromatic heterocycles. The van der Waals surface area contributed by atoms with Crippen LogP contribution in [0.15, 0.2) is 23.1 Å². The van der Waals surface area contributed by atoms with Gasteiger partial charge in [-0.05, 0) is 25.3 Å². The second-order valence-electron chi connectivity index (χ2n) is 4.63. The molecule has 2 rings (SSSR count). The smallest absolute Gasteiger partial charge is 0.258 e. The number of piperidine rings is 1. The third-order valence-electron chi connectivity index (χ3n) is 3.31. The van der Waals surface area contributed by atoms with Gasteiger partial charge in [0.1, 0.15) is 10.9 Å². The van der Waals surface area contributed by atoms with Crippen molar-refractivity contribution in [2.75, 3.05) is 6.54 Å². The molecule has 0 bridgehead atoms. The molecule has 1 aliphatic rings. The van der Waals surface area contributed by atoms with Gasteiger partial charge in [-0.3, -0.25) is 10.1 Å². The van der Waals surface area contributed by atoms with Crippen LogP contribution in [0.1, 0.15) is 19.3 Å². The number of halogens is 1. The molecule has 7 nitrogen and oxygen atoms in total. The Hall–Kier alpha value is -1.69. The number of non-ortho nitro benzene ring substituents is 1. The number of nitro benzene ring substituents is 1. The molecule has 0 saturated carbocycles. The van der Waals surface area contributed by atoms with E-state index in [2.05, 4.69) is 0 Å². The summed E-state index contributed by atoms with van der Waals surface area (Å²) >= 11 is 5.88. The van der Waals surface area contributed by atoms with Crippen LogP contribution in [0.3, 0.4) is 0 Å². The van der Waals surface area contributed by atoms with E-state index < -0.39 is 21.0 Å². The molecule has 1 fully saturated rings. The van der Waals surface area contributed by atoms with E-state index in [0.717, 1.165) is 22.9 Å². The first-order chi connectivity index (χ1) is 9.87. The maximum atomic E-state index is 12.6. The Labute approximate surface area is 126 Å². The third-order valence-corrected chi connectivity index (χ3v) is 5.70. The van der Waals surface area contributed by atoms with E-state index in [9.17, 15) is 18.5 Å². The molecule has 1 aromatic carbocycles. The molecule has 21 heavy (non-hydrogen) atoms. The summed E-state index contributed by atoms with van der Waals surface area (Å²) in [4.78, 5) is 9.77. The number of rotatable bonds is 3. The number of nitrogens with zero attached hydrogens (tertiary/aromatic N) is 3. The zero-order valence-electron chi connectivity index (χ0n) is 10.9. The average Bonchev–Trinajstić information content (AvgIpc) is 2.47. The van der Waals surface area contributed by atoms with Gasteiger partial charge in [0.05, 0.1) is 16.0 Å². The number of hydrogen-bond donors (Lipinski definition) is 0. The fraction of sp³-hybridized carbons (Fsp3) is 0.417. The second kappa shape index (κ2) is 5.97. The molecule has 9 heteroatoms. The summed E-state index contributed by atoms with van der Waals surface area (Å²) in [6.45, 7) is 0.208. The van der Waals surface area contributed by atoms with Crippen LogP contribution >= 0.6 is 11.6 Å². The van der Waals surface area contributed by atoms with E-state index in [1.54, 1.807) is 0 Å². The minimum atomic E-state index is -4.04. The number of benzene rings is 1. The predicted octanol–water partition coefficient (Wildman–Crippen LogP) is 2.31. The van der Waals surface area contributed by atoms with Gasteiger partial charge in [-0.25, -0.2) is 8.42 Å². The fourth-order valence-corrected chi connectivity index (χ4v) is 4.36. The third kappa shape index (κ3) is 3.00. The molecule has 112 valence electrons. The molecule has 1 aromatic rings. The van der Waals surface area contributed by atoms with Gasteiger partial charge in [-0.1, -0.05) is 11.6 Å². The topological polar surface area (TPSA) is 104 Å². The summed E-state index contributed by atoms with van der Waals surface area (Å²) in [7, 11) is -4.04. The minimum Gasteiger partial charge on any atom is -0.258 e. The Morgan fingerprint density at radius 3 is 2.76 bits per heavy atom. The predicted molar refractivity (Wildman–Crippen MR) is 75.3 cm³/mol. The summed E-state index contributed by atoms with van der Waals surface area (Å²) in [6.07, 6.45) is 1.86. The van der Waals surface area contributed by atoms with Crippen molar-refractivity contribution in [2.24, 2.45) is 0 Å². The summed E-state index contributed by atoms with van der Waals surface area (Å²) in [5, 5.41) is 19.8. The SMILES string of the molecule is N#CC1CCCCN1S(=O)(=O)c1cc([N+](=O)[O-])ccc1Cl. The van der Waals surface area contributed by atoms with Crippen molar-refractivity contribution in [1.82, 2.24) is 4.31 Å². The Bertz CT molecular complexity index is 714. The summed E-state index contributed by atoms with van der Waals surface area (Å²) < 4.78 is 26.3. The van der Waals surface area contributed by atoms with Crippen molar-refractivity contribution in [2.45, 2.75) is 30.2 Å². The molecule has 0 radical (unpaired) electrons. The van der Waals surface area contributed by atoms with Crippen molar-refractivity contribution in [3.05, 3.63) is 33.3 Å². The molecule has 1 unspecified atom stereocenters. The van der Waals surface area contributed by atoms with Crippen LogP contribution in [0.4, 0.5) is 5.69 Å². The van der Waals surface area contributed by atoms with Gasteiger partial charge in [0, 0.05) is 18.7 Å². The van der Waals surface area contributed by atoms with Gasteiger partial charge in [-0.2, -0.15) is 9.57 Å². The summed E-state index contributed by atoms with van der Waals surface area (Å²) in [5.41, 5.74) is -0.358. The lowest BCUT2D eigenvalue weighted by Gasteiger charge is -2.30. The lowest BCUT2D eigenvalue weighted by Crippen LogP contribution is -2.42. The fourth-order valence-electron chi connectivity index (χ4n) is 2.25. The van der Waals surface area contributed by atoms with Crippen LogP contribution < -0.4 is 0 Å². The minimum absolute atomic E-state index is 0.0946. The molecule has 1 heterocycles. The van der Waals surface area contributed by atoms with E-state index in [1.807, 2.05) is 6.07 Å². The first-order valence-corrected chi connectivity index (χ1v) is 8.05. The Morgan fingerprint density at radius 1 is 1.43 bits per heavy atom. The highest BCUT2D eigenvalue weighted by Gasteiger charge is 2.35. The monoisotopic (exact) mass is 329 g/mol. The normalized spacial score (nSPS) is 19.9. The van der Waals surface area contributed by atoms with Gasteiger partial charge >= 0.3 is 0 Å². The van der Waals surface area contributed by atoms with E-state index in [0.29, 0.717) is 12.8 Å². The molecule has 0 aliphatic carbocycles. The summed E-state index contributed by atoms with van der Waals surface area (Å²) in [5.74, 6) is 0. The van der Waals surface area contributed by atoms with Gasteiger partial charge in [0.25, 0.3) is 5.69 Å². The number of sulfonamides is 1. The lowest BCUT2D eigenvalue weighted by molar-refractivity contribution is -0.385. The highest BCUT2D eigenvalue weighted by Crippen LogP contribution is 2.31. The Kier molecular flexibility index (Phi) is 4.46. The van der Waals surface area contributed by atoms with E-state index in [-0.39, 0.29) is 22.2 Å². The molecule has 0 spiro atoms. The number of nitriles is 1. The van der Waals surface area contributed by atoms with Crippen LogP contribution in [0.2, 0.25) is 5.02 Å². The van der Waals surface area contributed by atoms with Crippen molar-refractivity contribution in [3.8, 4) is 6.07 Å². The van der Waals surface area contributed by atoms with E-state index >= 15 is 0 Å². The molecule has 1 saturated heterocycles. The quantitative estimate of drug-likeness (QED) is 0.625. The van der Waals surface area contributed by atoms with Crippen LogP contribution in [0.25, 0.3) is 0 Å². The van der Waals surface area contributed by atoms with Crippen molar-refractivity contribution in [1.29, 1.82) is 5.26 Å². The largest absolute Gasteiger partial charge is 0.270 e. The highest BCUT2D eigenvalue weighted by molar-refractivity contribution is 7.89. The van der Waals surface area contributed by atoms with Crippen molar-refractivity contribution in [3.63, 3.8) is 0 Å². The van der Waals surface area contributed by atoms with Crippen LogP contribution in [-0.2, 0) is 10.0 Å². The zero-order chi connectivity index (χ0) is 15.6. The van der Waals surface area contributed by atoms with Gasteiger partial charge in [0.2, 0.25) is 10.0 Å². The van der Waals surface area contributed by atoms with E-state index in [1.165, 1.54) is 6.07 Å². The molecular formula is C12H12ClN3O4S. The number of hydrogen-bond acceptors (Lipinski definition) is 5. The standard InChI is InChI=1S/C12H12ClN3O4S/c13-11-5-4-9(16(17)18)7-12(11)21(19,20)15-6-2-1-3-10(15)8-14/h4-5,7,10H,1-3,6H2. The first-order valence-electron chi connectivity index (χ1n) is 6.23. The molecule has 1 aliphatic heterocycles.